The van der Waals surface area contributed by atoms with E-state index in [9.17, 15) is 0 Å². The number of allylic oxidation sites excluding steroid dienone is 1. The van der Waals surface area contributed by atoms with E-state index in [4.69, 9.17) is 9.47 Å². The fourth-order valence-electron chi connectivity index (χ4n) is 1.17. The lowest BCUT2D eigenvalue weighted by molar-refractivity contribution is 0.0381. The largest absolute Gasteiger partial charge is 0.466 e. The lowest BCUT2D eigenvalue weighted by Gasteiger charge is -2.10. The highest BCUT2D eigenvalue weighted by Gasteiger charge is 1.96. The van der Waals surface area contributed by atoms with Crippen LogP contribution < -0.4 is 0 Å². The van der Waals surface area contributed by atoms with Crippen LogP contribution >= 0.6 is 0 Å². The minimum absolute atomic E-state index is 0.681. The van der Waals surface area contributed by atoms with Gasteiger partial charge in [-0.05, 0) is 25.8 Å². The van der Waals surface area contributed by atoms with Gasteiger partial charge in [0.15, 0.2) is 0 Å². The summed E-state index contributed by atoms with van der Waals surface area (Å²) in [5.74, 6) is 0.700. The Morgan fingerprint density at radius 1 is 1.00 bits per heavy atom. The molecule has 0 saturated carbocycles. The van der Waals surface area contributed by atoms with E-state index in [0.29, 0.717) is 12.6 Å². The monoisotopic (exact) mass is 200 g/mol. The van der Waals surface area contributed by atoms with E-state index in [2.05, 4.69) is 13.8 Å². The van der Waals surface area contributed by atoms with Gasteiger partial charge in [-0.2, -0.15) is 0 Å². The molecular weight excluding hydrogens is 176 g/mol. The van der Waals surface area contributed by atoms with Gasteiger partial charge in [0.1, 0.15) is 0 Å². The molecule has 2 heteroatoms. The number of ether oxygens (including phenoxy) is 2. The first-order valence-corrected chi connectivity index (χ1v) is 5.80. The Kier molecular flexibility index (Phi) is 9.93. The van der Waals surface area contributed by atoms with Crippen molar-refractivity contribution in [3.8, 4) is 0 Å². The molecule has 0 bridgehead atoms. The molecule has 0 N–H and O–H groups in total. The molecule has 0 rings (SSSR count). The summed E-state index contributed by atoms with van der Waals surface area (Å²) < 4.78 is 10.8. The van der Waals surface area contributed by atoms with Crippen LogP contribution in [0.1, 0.15) is 52.9 Å². The molecule has 0 spiro atoms. The summed E-state index contributed by atoms with van der Waals surface area (Å²) in [5, 5.41) is 0. The van der Waals surface area contributed by atoms with Crippen molar-refractivity contribution in [2.45, 2.75) is 52.9 Å². The van der Waals surface area contributed by atoms with E-state index in [0.717, 1.165) is 19.4 Å². The lowest BCUT2D eigenvalue weighted by atomic mass is 10.2. The molecule has 0 aromatic heterocycles. The molecule has 0 aromatic carbocycles. The standard InChI is InChI=1S/C12H24O2/c1-4-7-8-9-11-14-12(10-5-2)13-6-3/h10H,4-9,11H2,1-3H3. The normalized spacial score (nSPS) is 11.5. The van der Waals surface area contributed by atoms with E-state index < -0.39 is 0 Å². The van der Waals surface area contributed by atoms with Crippen molar-refractivity contribution in [1.82, 2.24) is 0 Å². The summed E-state index contributed by atoms with van der Waals surface area (Å²) in [6.45, 7) is 7.74. The molecular formula is C12H24O2. The van der Waals surface area contributed by atoms with Crippen molar-refractivity contribution < 1.29 is 9.47 Å². The van der Waals surface area contributed by atoms with E-state index >= 15 is 0 Å². The molecule has 0 aliphatic heterocycles. The van der Waals surface area contributed by atoms with Gasteiger partial charge in [-0.15, -0.1) is 0 Å². The third-order valence-electron chi connectivity index (χ3n) is 1.90. The van der Waals surface area contributed by atoms with Crippen LogP contribution in [0.3, 0.4) is 0 Å². The topological polar surface area (TPSA) is 18.5 Å². The Morgan fingerprint density at radius 2 is 1.79 bits per heavy atom. The van der Waals surface area contributed by atoms with Crippen molar-refractivity contribution in [3.63, 3.8) is 0 Å². The molecule has 0 saturated heterocycles. The molecule has 0 unspecified atom stereocenters. The second kappa shape index (κ2) is 10.4. The molecule has 0 aliphatic rings. The van der Waals surface area contributed by atoms with Crippen molar-refractivity contribution >= 4 is 0 Å². The summed E-state index contributed by atoms with van der Waals surface area (Å²) in [5.41, 5.74) is 0. The van der Waals surface area contributed by atoms with Gasteiger partial charge in [0.2, 0.25) is 0 Å². The summed E-state index contributed by atoms with van der Waals surface area (Å²) in [7, 11) is 0. The van der Waals surface area contributed by atoms with Crippen molar-refractivity contribution in [3.05, 3.63) is 12.0 Å². The van der Waals surface area contributed by atoms with E-state index in [-0.39, 0.29) is 0 Å². The molecule has 0 atom stereocenters. The van der Waals surface area contributed by atoms with Crippen LogP contribution in [-0.4, -0.2) is 13.2 Å². The third-order valence-corrected chi connectivity index (χ3v) is 1.90. The quantitative estimate of drug-likeness (QED) is 0.415. The first-order chi connectivity index (χ1) is 6.85. The predicted octanol–water partition coefficient (Wildman–Crippen LogP) is 3.87. The van der Waals surface area contributed by atoms with Crippen LogP contribution in [0.15, 0.2) is 12.0 Å². The summed E-state index contributed by atoms with van der Waals surface area (Å²) >= 11 is 0. The van der Waals surface area contributed by atoms with Crippen LogP contribution in [0.4, 0.5) is 0 Å². The van der Waals surface area contributed by atoms with Gasteiger partial charge < -0.3 is 9.47 Å². The highest BCUT2D eigenvalue weighted by molar-refractivity contribution is 4.82. The molecule has 0 radical (unpaired) electrons. The van der Waals surface area contributed by atoms with Gasteiger partial charge in [-0.25, -0.2) is 0 Å². The van der Waals surface area contributed by atoms with Crippen LogP contribution in [-0.2, 0) is 9.47 Å². The molecule has 0 fully saturated rings. The predicted molar refractivity (Wildman–Crippen MR) is 60.1 cm³/mol. The maximum Gasteiger partial charge on any atom is 0.274 e. The van der Waals surface area contributed by atoms with Crippen LogP contribution in [0, 0.1) is 0 Å². The van der Waals surface area contributed by atoms with Crippen LogP contribution in [0.2, 0.25) is 0 Å². The van der Waals surface area contributed by atoms with Crippen molar-refractivity contribution in [2.75, 3.05) is 13.2 Å². The Morgan fingerprint density at radius 3 is 2.36 bits per heavy atom. The molecule has 0 amide bonds. The van der Waals surface area contributed by atoms with Crippen molar-refractivity contribution in [2.24, 2.45) is 0 Å². The maximum atomic E-state index is 5.51. The summed E-state index contributed by atoms with van der Waals surface area (Å²) in [6.07, 6.45) is 7.89. The molecule has 0 aliphatic carbocycles. The first kappa shape index (κ1) is 13.3. The molecule has 84 valence electrons. The number of hydrogen-bond donors (Lipinski definition) is 0. The Hall–Kier alpha value is -0.660. The smallest absolute Gasteiger partial charge is 0.274 e. The number of unbranched alkanes of at least 4 members (excludes halogenated alkanes) is 3. The molecule has 0 aromatic rings. The summed E-state index contributed by atoms with van der Waals surface area (Å²) in [4.78, 5) is 0. The van der Waals surface area contributed by atoms with Crippen LogP contribution in [0.25, 0.3) is 0 Å². The zero-order valence-electron chi connectivity index (χ0n) is 9.84. The second-order valence-electron chi connectivity index (χ2n) is 3.27. The minimum Gasteiger partial charge on any atom is -0.466 e. The average Bonchev–Trinajstić information content (AvgIpc) is 2.18. The summed E-state index contributed by atoms with van der Waals surface area (Å²) in [6, 6.07) is 0. The molecule has 2 nitrogen and oxygen atoms in total. The number of rotatable bonds is 9. The van der Waals surface area contributed by atoms with Gasteiger partial charge >= 0.3 is 0 Å². The fraction of sp³-hybridized carbons (Fsp3) is 0.833. The number of hydrogen-bond acceptors (Lipinski definition) is 2. The highest BCUT2D eigenvalue weighted by atomic mass is 16.7. The van der Waals surface area contributed by atoms with Gasteiger partial charge in [0.05, 0.1) is 13.2 Å². The highest BCUT2D eigenvalue weighted by Crippen LogP contribution is 2.05. The molecule has 0 heterocycles. The van der Waals surface area contributed by atoms with E-state index in [1.807, 2.05) is 13.0 Å². The van der Waals surface area contributed by atoms with E-state index in [1.165, 1.54) is 19.3 Å². The average molecular weight is 200 g/mol. The molecule has 14 heavy (non-hydrogen) atoms. The van der Waals surface area contributed by atoms with Crippen molar-refractivity contribution in [1.29, 1.82) is 0 Å². The second-order valence-corrected chi connectivity index (χ2v) is 3.27. The van der Waals surface area contributed by atoms with E-state index in [1.54, 1.807) is 0 Å². The zero-order valence-corrected chi connectivity index (χ0v) is 9.84. The van der Waals surface area contributed by atoms with Crippen LogP contribution in [0.5, 0.6) is 0 Å². The Bertz CT molecular complexity index is 141. The first-order valence-electron chi connectivity index (χ1n) is 5.80. The Balaban J connectivity index is 3.46. The Labute approximate surface area is 88.3 Å². The van der Waals surface area contributed by atoms with Gasteiger partial charge in [0, 0.05) is 0 Å². The third kappa shape index (κ3) is 7.96. The zero-order chi connectivity index (χ0) is 10.6. The maximum absolute atomic E-state index is 5.51. The lowest BCUT2D eigenvalue weighted by Crippen LogP contribution is -1.99. The fourth-order valence-corrected chi connectivity index (χ4v) is 1.17. The van der Waals surface area contributed by atoms with Gasteiger partial charge in [0.25, 0.3) is 5.95 Å². The SMILES string of the molecule is CCC=C(OCC)OCCCCCC. The van der Waals surface area contributed by atoms with Gasteiger partial charge in [-0.1, -0.05) is 33.1 Å². The minimum atomic E-state index is 0.681. The van der Waals surface area contributed by atoms with Gasteiger partial charge in [-0.3, -0.25) is 0 Å².